The highest BCUT2D eigenvalue weighted by molar-refractivity contribution is 5.70. The van der Waals surface area contributed by atoms with Crippen molar-refractivity contribution in [3.63, 3.8) is 0 Å². The molecule has 0 amide bonds. The molecule has 9 nitrogen and oxygen atoms in total. The summed E-state index contributed by atoms with van der Waals surface area (Å²) in [5.41, 5.74) is 0.977. The van der Waals surface area contributed by atoms with Crippen molar-refractivity contribution in [2.45, 2.75) is 44.7 Å². The second-order valence-electron chi connectivity index (χ2n) is 7.42. The summed E-state index contributed by atoms with van der Waals surface area (Å²) in [4.78, 5) is 15.6. The highest BCUT2D eigenvalue weighted by Gasteiger charge is 2.22. The second kappa shape index (κ2) is 8.66. The maximum absolute atomic E-state index is 11.6. The molecular formula is C19H25N5O4. The van der Waals surface area contributed by atoms with E-state index in [1.165, 1.54) is 31.7 Å². The second-order valence-corrected chi connectivity index (χ2v) is 7.42. The maximum Gasteiger partial charge on any atom is 0.293 e. The number of anilines is 1. The van der Waals surface area contributed by atoms with Crippen LogP contribution in [0.3, 0.4) is 0 Å². The van der Waals surface area contributed by atoms with E-state index >= 15 is 0 Å². The van der Waals surface area contributed by atoms with E-state index in [4.69, 9.17) is 9.26 Å². The van der Waals surface area contributed by atoms with Gasteiger partial charge in [0.1, 0.15) is 11.9 Å². The van der Waals surface area contributed by atoms with Crippen LogP contribution in [0, 0.1) is 16.0 Å². The summed E-state index contributed by atoms with van der Waals surface area (Å²) in [6, 6.07) is 4.93. The van der Waals surface area contributed by atoms with E-state index < -0.39 is 4.92 Å². The molecule has 2 aliphatic rings. The van der Waals surface area contributed by atoms with Gasteiger partial charge in [-0.25, -0.2) is 0 Å². The number of hydrogen-bond acceptors (Lipinski definition) is 8. The standard InChI is InChI=1S/C19H25N5O4/c25-24(26)16-11-14(6-7-15(16)21-17-12-27-10-9-20-17)19-22-18(28-23-19)8-5-13-3-1-2-4-13/h6-7,11,13,17,20-21H,1-5,8-10,12H2. The average Bonchev–Trinajstić information content (AvgIpc) is 3.39. The molecule has 1 aliphatic heterocycles. The van der Waals surface area contributed by atoms with Crippen LogP contribution in [0.1, 0.15) is 38.0 Å². The Hall–Kier alpha value is -2.52. The Balaban J connectivity index is 1.46. The minimum Gasteiger partial charge on any atom is -0.377 e. The number of ether oxygens (including phenoxy) is 1. The number of nitro benzene ring substituents is 1. The Morgan fingerprint density at radius 2 is 2.18 bits per heavy atom. The zero-order valence-electron chi connectivity index (χ0n) is 15.7. The first-order chi connectivity index (χ1) is 13.7. The van der Waals surface area contributed by atoms with Gasteiger partial charge in [-0.1, -0.05) is 30.8 Å². The van der Waals surface area contributed by atoms with Crippen LogP contribution in [-0.2, 0) is 11.2 Å². The van der Waals surface area contributed by atoms with Crippen LogP contribution in [0.5, 0.6) is 0 Å². The van der Waals surface area contributed by atoms with Crippen LogP contribution in [0.25, 0.3) is 11.4 Å². The summed E-state index contributed by atoms with van der Waals surface area (Å²) in [6.45, 7) is 1.80. The predicted octanol–water partition coefficient (Wildman–Crippen LogP) is 3.13. The third-order valence-corrected chi connectivity index (χ3v) is 5.41. The molecule has 1 saturated carbocycles. The minimum atomic E-state index is -0.406. The Morgan fingerprint density at radius 1 is 1.32 bits per heavy atom. The molecule has 2 fully saturated rings. The number of nitrogens with zero attached hydrogens (tertiary/aromatic N) is 3. The van der Waals surface area contributed by atoms with Crippen molar-refractivity contribution < 1.29 is 14.2 Å². The molecule has 1 aromatic carbocycles. The molecule has 2 heterocycles. The lowest BCUT2D eigenvalue weighted by Crippen LogP contribution is -2.46. The lowest BCUT2D eigenvalue weighted by atomic mass is 10.0. The number of nitrogens with one attached hydrogen (secondary N) is 2. The Labute approximate surface area is 163 Å². The normalized spacial score (nSPS) is 20.4. The van der Waals surface area contributed by atoms with Crippen molar-refractivity contribution in [3.8, 4) is 11.4 Å². The zero-order chi connectivity index (χ0) is 19.3. The molecule has 2 aromatic rings. The quantitative estimate of drug-likeness (QED) is 0.550. The number of benzene rings is 1. The van der Waals surface area contributed by atoms with Gasteiger partial charge in [0.2, 0.25) is 11.7 Å². The van der Waals surface area contributed by atoms with Crippen LogP contribution in [0.15, 0.2) is 22.7 Å². The third kappa shape index (κ3) is 4.48. The first-order valence-corrected chi connectivity index (χ1v) is 9.88. The molecule has 1 aromatic heterocycles. The van der Waals surface area contributed by atoms with E-state index in [0.29, 0.717) is 42.7 Å². The molecule has 150 valence electrons. The van der Waals surface area contributed by atoms with Gasteiger partial charge in [-0.05, 0) is 24.5 Å². The van der Waals surface area contributed by atoms with Gasteiger partial charge in [0.25, 0.3) is 5.69 Å². The number of rotatable bonds is 7. The predicted molar refractivity (Wildman–Crippen MR) is 103 cm³/mol. The highest BCUT2D eigenvalue weighted by Crippen LogP contribution is 2.31. The summed E-state index contributed by atoms with van der Waals surface area (Å²) >= 11 is 0. The van der Waals surface area contributed by atoms with Gasteiger partial charge in [-0.3, -0.25) is 15.4 Å². The van der Waals surface area contributed by atoms with E-state index in [1.54, 1.807) is 12.1 Å². The molecule has 1 atom stereocenters. The Morgan fingerprint density at radius 3 is 2.93 bits per heavy atom. The molecule has 28 heavy (non-hydrogen) atoms. The largest absolute Gasteiger partial charge is 0.377 e. The summed E-state index contributed by atoms with van der Waals surface area (Å²) in [5, 5.41) is 21.9. The van der Waals surface area contributed by atoms with E-state index in [9.17, 15) is 10.1 Å². The first-order valence-electron chi connectivity index (χ1n) is 9.88. The number of nitro groups is 1. The molecule has 0 spiro atoms. The molecule has 1 aliphatic carbocycles. The fraction of sp³-hybridized carbons (Fsp3) is 0.579. The number of morpholine rings is 1. The van der Waals surface area contributed by atoms with Gasteiger partial charge in [0.05, 0.1) is 18.1 Å². The fourth-order valence-electron chi connectivity index (χ4n) is 3.89. The van der Waals surface area contributed by atoms with Crippen LogP contribution >= 0.6 is 0 Å². The monoisotopic (exact) mass is 387 g/mol. The summed E-state index contributed by atoms with van der Waals surface area (Å²) in [7, 11) is 0. The van der Waals surface area contributed by atoms with Crippen LogP contribution < -0.4 is 10.6 Å². The molecular weight excluding hydrogens is 362 g/mol. The SMILES string of the molecule is O=[N+]([O-])c1cc(-c2noc(CCC3CCCC3)n2)ccc1NC1COCCN1. The van der Waals surface area contributed by atoms with Crippen molar-refractivity contribution in [1.29, 1.82) is 0 Å². The number of hydrogen-bond donors (Lipinski definition) is 2. The molecule has 2 N–H and O–H groups in total. The first kappa shape index (κ1) is 18.8. The van der Waals surface area contributed by atoms with E-state index in [0.717, 1.165) is 18.8 Å². The molecule has 0 radical (unpaired) electrons. The molecule has 1 saturated heterocycles. The van der Waals surface area contributed by atoms with Crippen molar-refractivity contribution in [2.24, 2.45) is 5.92 Å². The number of aryl methyl sites for hydroxylation is 1. The Kier molecular flexibility index (Phi) is 5.82. The lowest BCUT2D eigenvalue weighted by Gasteiger charge is -2.25. The van der Waals surface area contributed by atoms with E-state index in [-0.39, 0.29) is 11.9 Å². The van der Waals surface area contributed by atoms with Crippen LogP contribution in [0.4, 0.5) is 11.4 Å². The van der Waals surface area contributed by atoms with Crippen LogP contribution in [0.2, 0.25) is 0 Å². The topological polar surface area (TPSA) is 115 Å². The summed E-state index contributed by atoms with van der Waals surface area (Å²) < 4.78 is 10.7. The van der Waals surface area contributed by atoms with Gasteiger partial charge in [-0.2, -0.15) is 4.98 Å². The molecule has 9 heteroatoms. The molecule has 1 unspecified atom stereocenters. The molecule has 0 bridgehead atoms. The highest BCUT2D eigenvalue weighted by atomic mass is 16.6. The van der Waals surface area contributed by atoms with Gasteiger partial charge in [-0.15, -0.1) is 0 Å². The fourth-order valence-corrected chi connectivity index (χ4v) is 3.89. The van der Waals surface area contributed by atoms with Gasteiger partial charge < -0.3 is 14.6 Å². The minimum absolute atomic E-state index is 0.0258. The third-order valence-electron chi connectivity index (χ3n) is 5.41. The van der Waals surface area contributed by atoms with E-state index in [2.05, 4.69) is 20.8 Å². The van der Waals surface area contributed by atoms with Crippen molar-refractivity contribution in [2.75, 3.05) is 25.1 Å². The van der Waals surface area contributed by atoms with Crippen LogP contribution in [-0.4, -0.2) is 41.0 Å². The zero-order valence-corrected chi connectivity index (χ0v) is 15.7. The smallest absolute Gasteiger partial charge is 0.293 e. The average molecular weight is 387 g/mol. The molecule has 4 rings (SSSR count). The number of aromatic nitrogens is 2. The Bertz CT molecular complexity index is 812. The van der Waals surface area contributed by atoms with Crippen molar-refractivity contribution >= 4 is 11.4 Å². The van der Waals surface area contributed by atoms with Gasteiger partial charge in [0.15, 0.2) is 0 Å². The van der Waals surface area contributed by atoms with Gasteiger partial charge >= 0.3 is 0 Å². The van der Waals surface area contributed by atoms with Crippen molar-refractivity contribution in [1.82, 2.24) is 15.5 Å². The van der Waals surface area contributed by atoms with E-state index in [1.807, 2.05) is 0 Å². The lowest BCUT2D eigenvalue weighted by molar-refractivity contribution is -0.383. The van der Waals surface area contributed by atoms with Crippen molar-refractivity contribution in [3.05, 3.63) is 34.2 Å². The summed E-state index contributed by atoms with van der Waals surface area (Å²) in [6.07, 6.45) is 6.84. The summed E-state index contributed by atoms with van der Waals surface area (Å²) in [5.74, 6) is 1.73. The van der Waals surface area contributed by atoms with Gasteiger partial charge in [0, 0.05) is 24.6 Å². The maximum atomic E-state index is 11.6.